The van der Waals surface area contributed by atoms with Crippen LogP contribution in [0.1, 0.15) is 16.2 Å². The van der Waals surface area contributed by atoms with E-state index in [0.29, 0.717) is 0 Å². The molecule has 0 spiro atoms. The fourth-order valence-corrected chi connectivity index (χ4v) is 3.48. The summed E-state index contributed by atoms with van der Waals surface area (Å²) in [4.78, 5) is 24.7. The molecular formula is C19H23N5O. The third-order valence-corrected chi connectivity index (χ3v) is 5.06. The molecule has 3 aromatic rings. The molecule has 0 aliphatic carbocycles. The molecule has 0 bridgehead atoms. The monoisotopic (exact) mass is 337 g/mol. The number of aryl methyl sites for hydroxylation is 1. The Morgan fingerprint density at radius 3 is 2.72 bits per heavy atom. The number of nitrogens with zero attached hydrogens (tertiary/aromatic N) is 4. The molecule has 0 saturated carbocycles. The minimum absolute atomic E-state index is 0.127. The van der Waals surface area contributed by atoms with E-state index in [1.807, 2.05) is 54.7 Å². The lowest BCUT2D eigenvalue weighted by Crippen LogP contribution is -2.49. The van der Waals surface area contributed by atoms with E-state index in [1.54, 1.807) is 0 Å². The summed E-state index contributed by atoms with van der Waals surface area (Å²) in [5.41, 5.74) is 1.79. The van der Waals surface area contributed by atoms with Crippen LogP contribution in [0, 0.1) is 6.92 Å². The largest absolute Gasteiger partial charge is 0.360 e. The first-order chi connectivity index (χ1) is 12.2. The summed E-state index contributed by atoms with van der Waals surface area (Å²) in [6, 6.07) is 7.96. The quantitative estimate of drug-likeness (QED) is 0.793. The maximum atomic E-state index is 12.8. The smallest absolute Gasteiger partial charge is 0.256 e. The van der Waals surface area contributed by atoms with Crippen molar-refractivity contribution in [2.75, 3.05) is 32.7 Å². The van der Waals surface area contributed by atoms with Gasteiger partial charge in [-0.15, -0.1) is 0 Å². The number of para-hydroxylation sites is 1. The number of amides is 1. The lowest BCUT2D eigenvalue weighted by molar-refractivity contribution is 0.0635. The number of carbonyl (C=O) groups is 1. The average Bonchev–Trinajstić information content (AvgIpc) is 3.26. The maximum absolute atomic E-state index is 12.8. The molecule has 1 aliphatic rings. The Kier molecular flexibility index (Phi) is 4.28. The molecule has 0 unspecified atom stereocenters. The molecular weight excluding hydrogens is 314 g/mol. The van der Waals surface area contributed by atoms with E-state index in [9.17, 15) is 4.79 Å². The van der Waals surface area contributed by atoms with Crippen molar-refractivity contribution in [3.8, 4) is 0 Å². The first kappa shape index (κ1) is 15.9. The van der Waals surface area contributed by atoms with Crippen LogP contribution in [0.25, 0.3) is 10.9 Å². The van der Waals surface area contributed by atoms with Crippen molar-refractivity contribution < 1.29 is 4.79 Å². The van der Waals surface area contributed by atoms with Gasteiger partial charge in [0.15, 0.2) is 0 Å². The number of benzene rings is 1. The van der Waals surface area contributed by atoms with Crippen LogP contribution in [0.2, 0.25) is 0 Å². The summed E-state index contributed by atoms with van der Waals surface area (Å²) in [5.74, 6) is 1.18. The van der Waals surface area contributed by atoms with Gasteiger partial charge in [-0.25, -0.2) is 4.98 Å². The van der Waals surface area contributed by atoms with Crippen molar-refractivity contribution in [2.24, 2.45) is 0 Å². The predicted molar refractivity (Wildman–Crippen MR) is 97.6 cm³/mol. The fraction of sp³-hybridized carbons (Fsp3) is 0.368. The Morgan fingerprint density at radius 2 is 1.96 bits per heavy atom. The molecule has 6 heteroatoms. The number of hydrogen-bond donors (Lipinski definition) is 1. The Bertz CT molecular complexity index is 873. The molecule has 3 heterocycles. The van der Waals surface area contributed by atoms with Crippen molar-refractivity contribution in [1.29, 1.82) is 0 Å². The maximum Gasteiger partial charge on any atom is 0.256 e. The van der Waals surface area contributed by atoms with Gasteiger partial charge in [-0.2, -0.15) is 0 Å². The number of fused-ring (bicyclic) bond motifs is 1. The molecule has 2 aromatic heterocycles. The summed E-state index contributed by atoms with van der Waals surface area (Å²) >= 11 is 0. The second kappa shape index (κ2) is 6.72. The molecule has 130 valence electrons. The van der Waals surface area contributed by atoms with E-state index in [4.69, 9.17) is 0 Å². The van der Waals surface area contributed by atoms with Gasteiger partial charge in [-0.3, -0.25) is 9.69 Å². The van der Waals surface area contributed by atoms with Crippen LogP contribution in [-0.4, -0.2) is 63.0 Å². The molecule has 0 atom stereocenters. The fourth-order valence-electron chi connectivity index (χ4n) is 3.48. The van der Waals surface area contributed by atoms with Gasteiger partial charge in [0.1, 0.15) is 5.82 Å². The number of hydrogen-bond acceptors (Lipinski definition) is 3. The first-order valence-corrected chi connectivity index (χ1v) is 8.78. The molecule has 4 rings (SSSR count). The van der Waals surface area contributed by atoms with Crippen LogP contribution in [0.15, 0.2) is 42.9 Å². The highest BCUT2D eigenvalue weighted by Gasteiger charge is 2.23. The number of imidazole rings is 1. The zero-order chi connectivity index (χ0) is 17.2. The van der Waals surface area contributed by atoms with Gasteiger partial charge in [-0.1, -0.05) is 18.2 Å². The van der Waals surface area contributed by atoms with Crippen LogP contribution in [0.4, 0.5) is 0 Å². The molecule has 25 heavy (non-hydrogen) atoms. The van der Waals surface area contributed by atoms with Crippen molar-refractivity contribution in [3.05, 3.63) is 54.2 Å². The Hall–Kier alpha value is -2.60. The number of carbonyl (C=O) groups excluding carboxylic acids is 1. The minimum Gasteiger partial charge on any atom is -0.360 e. The molecule has 1 fully saturated rings. The Balaban J connectivity index is 1.35. The third-order valence-electron chi connectivity index (χ3n) is 5.06. The van der Waals surface area contributed by atoms with E-state index in [-0.39, 0.29) is 5.91 Å². The van der Waals surface area contributed by atoms with E-state index in [1.165, 1.54) is 0 Å². The number of aromatic nitrogens is 3. The van der Waals surface area contributed by atoms with Gasteiger partial charge >= 0.3 is 0 Å². The summed E-state index contributed by atoms with van der Waals surface area (Å²) in [7, 11) is 0. The SMILES string of the molecule is Cc1nccn1CCN1CCN(C(=O)c2c[nH]c3ccccc23)CC1. The molecule has 1 N–H and O–H groups in total. The zero-order valence-corrected chi connectivity index (χ0v) is 14.5. The van der Waals surface area contributed by atoms with Gasteiger partial charge in [0.2, 0.25) is 0 Å². The summed E-state index contributed by atoms with van der Waals surface area (Å²) < 4.78 is 2.17. The number of rotatable bonds is 4. The number of aromatic amines is 1. The van der Waals surface area contributed by atoms with Crippen LogP contribution < -0.4 is 0 Å². The number of piperazine rings is 1. The second-order valence-electron chi connectivity index (χ2n) is 6.55. The zero-order valence-electron chi connectivity index (χ0n) is 14.5. The first-order valence-electron chi connectivity index (χ1n) is 8.78. The van der Waals surface area contributed by atoms with Crippen molar-refractivity contribution >= 4 is 16.8 Å². The molecule has 1 aliphatic heterocycles. The molecule has 1 aromatic carbocycles. The molecule has 1 amide bonds. The van der Waals surface area contributed by atoms with E-state index in [0.717, 1.165) is 61.6 Å². The highest BCUT2D eigenvalue weighted by atomic mass is 16.2. The van der Waals surface area contributed by atoms with Gasteiger partial charge in [-0.05, 0) is 13.0 Å². The van der Waals surface area contributed by atoms with Gasteiger partial charge in [0.05, 0.1) is 5.56 Å². The van der Waals surface area contributed by atoms with Gasteiger partial charge in [0.25, 0.3) is 5.91 Å². The van der Waals surface area contributed by atoms with Crippen molar-refractivity contribution in [2.45, 2.75) is 13.5 Å². The van der Waals surface area contributed by atoms with E-state index < -0.39 is 0 Å². The van der Waals surface area contributed by atoms with Crippen molar-refractivity contribution in [3.63, 3.8) is 0 Å². The van der Waals surface area contributed by atoms with Crippen LogP contribution in [0.3, 0.4) is 0 Å². The Labute approximate surface area is 147 Å². The van der Waals surface area contributed by atoms with Crippen LogP contribution >= 0.6 is 0 Å². The van der Waals surface area contributed by atoms with Crippen LogP contribution in [0.5, 0.6) is 0 Å². The second-order valence-corrected chi connectivity index (χ2v) is 6.55. The standard InChI is InChI=1S/C19H23N5O/c1-15-20-6-7-23(15)11-8-22-9-12-24(13-10-22)19(25)17-14-21-18-5-3-2-4-16(17)18/h2-7,14,21H,8-13H2,1H3. The minimum atomic E-state index is 0.127. The topological polar surface area (TPSA) is 57.2 Å². The average molecular weight is 337 g/mol. The molecule has 6 nitrogen and oxygen atoms in total. The van der Waals surface area contributed by atoms with Gasteiger partial charge < -0.3 is 14.5 Å². The number of nitrogens with one attached hydrogen (secondary N) is 1. The number of H-pyrrole nitrogens is 1. The summed E-state index contributed by atoms with van der Waals surface area (Å²) in [6.45, 7) is 7.36. The van der Waals surface area contributed by atoms with Crippen molar-refractivity contribution in [1.82, 2.24) is 24.3 Å². The summed E-state index contributed by atoms with van der Waals surface area (Å²) in [5, 5.41) is 1.01. The van der Waals surface area contributed by atoms with Gasteiger partial charge in [0, 0.05) is 68.8 Å². The highest BCUT2D eigenvalue weighted by Crippen LogP contribution is 2.20. The van der Waals surface area contributed by atoms with E-state index in [2.05, 4.69) is 19.4 Å². The normalized spacial score (nSPS) is 15.8. The predicted octanol–water partition coefficient (Wildman–Crippen LogP) is 2.13. The highest BCUT2D eigenvalue weighted by molar-refractivity contribution is 6.06. The molecule has 0 radical (unpaired) electrons. The van der Waals surface area contributed by atoms with Crippen LogP contribution in [-0.2, 0) is 6.54 Å². The lowest BCUT2D eigenvalue weighted by Gasteiger charge is -2.34. The third kappa shape index (κ3) is 3.17. The Morgan fingerprint density at radius 1 is 1.16 bits per heavy atom. The molecule has 1 saturated heterocycles. The summed E-state index contributed by atoms with van der Waals surface area (Å²) in [6.07, 6.45) is 5.69. The van der Waals surface area contributed by atoms with E-state index >= 15 is 0 Å². The lowest BCUT2D eigenvalue weighted by atomic mass is 10.1.